The smallest absolute Gasteiger partial charge is 0.407 e. The Kier molecular flexibility index (Phi) is 10.4. The zero-order valence-corrected chi connectivity index (χ0v) is 28.0. The van der Waals surface area contributed by atoms with Crippen molar-refractivity contribution in [2.24, 2.45) is 5.92 Å². The number of aromatic nitrogens is 4. The predicted molar refractivity (Wildman–Crippen MR) is 182 cm³/mol. The molecule has 0 bridgehead atoms. The van der Waals surface area contributed by atoms with Crippen molar-refractivity contribution in [1.29, 1.82) is 0 Å². The first-order chi connectivity index (χ1) is 23.4. The van der Waals surface area contributed by atoms with Gasteiger partial charge in [-0.1, -0.05) is 44.2 Å². The van der Waals surface area contributed by atoms with Gasteiger partial charge in [-0.2, -0.15) is 0 Å². The van der Waals surface area contributed by atoms with Gasteiger partial charge in [0.1, 0.15) is 30.0 Å². The third-order valence-corrected chi connectivity index (χ3v) is 9.17. The molecule has 48 heavy (non-hydrogen) atoms. The second kappa shape index (κ2) is 15.0. The number of H-pyrrole nitrogens is 2. The zero-order chi connectivity index (χ0) is 33.6. The third kappa shape index (κ3) is 7.24. The number of amides is 2. The molecule has 2 aliphatic rings. The maximum atomic E-state index is 13.6. The van der Waals surface area contributed by atoms with Gasteiger partial charge in [0, 0.05) is 19.2 Å². The number of imidazole rings is 2. The summed E-state index contributed by atoms with van der Waals surface area (Å²) in [5.41, 5.74) is 5.81. The lowest BCUT2D eigenvalue weighted by Crippen LogP contribution is -2.51. The first-order valence-electron chi connectivity index (χ1n) is 16.7. The summed E-state index contributed by atoms with van der Waals surface area (Å²) in [4.78, 5) is 43.7. The number of likely N-dealkylation sites (tertiary alicyclic amines) is 1. The van der Waals surface area contributed by atoms with Gasteiger partial charge in [-0.15, -0.1) is 0 Å². The van der Waals surface area contributed by atoms with Crippen LogP contribution in [0.15, 0.2) is 54.9 Å². The number of aromatic amines is 2. The van der Waals surface area contributed by atoms with Crippen molar-refractivity contribution in [1.82, 2.24) is 35.5 Å². The Morgan fingerprint density at radius 3 is 2.38 bits per heavy atom. The molecule has 12 nitrogen and oxygen atoms in total. The molecule has 6 rings (SSSR count). The van der Waals surface area contributed by atoms with Crippen molar-refractivity contribution < 1.29 is 23.8 Å². The predicted octanol–water partition coefficient (Wildman–Crippen LogP) is 5.63. The summed E-state index contributed by atoms with van der Waals surface area (Å²) in [7, 11) is 2.94. The summed E-state index contributed by atoms with van der Waals surface area (Å²) in [6.45, 7) is 6.26. The average Bonchev–Trinajstić information content (AvgIpc) is 3.94. The van der Waals surface area contributed by atoms with Crippen molar-refractivity contribution in [3.63, 3.8) is 0 Å². The highest BCUT2D eigenvalue weighted by atomic mass is 16.5. The largest absolute Gasteiger partial charge is 0.490 e. The van der Waals surface area contributed by atoms with Gasteiger partial charge in [-0.3, -0.25) is 4.79 Å². The van der Waals surface area contributed by atoms with Crippen LogP contribution < -0.4 is 15.4 Å². The van der Waals surface area contributed by atoms with E-state index >= 15 is 0 Å². The van der Waals surface area contributed by atoms with Gasteiger partial charge in [-0.05, 0) is 67.0 Å². The molecule has 0 aliphatic carbocycles. The molecule has 4 aromatic rings. The van der Waals surface area contributed by atoms with E-state index < -0.39 is 12.1 Å². The Morgan fingerprint density at radius 2 is 1.65 bits per heavy atom. The van der Waals surface area contributed by atoms with E-state index in [1.807, 2.05) is 37.1 Å². The highest BCUT2D eigenvalue weighted by Crippen LogP contribution is 2.37. The maximum Gasteiger partial charge on any atom is 0.407 e. The van der Waals surface area contributed by atoms with E-state index in [0.717, 1.165) is 65.3 Å². The minimum absolute atomic E-state index is 0.107. The Bertz CT molecular complexity index is 1690. The first kappa shape index (κ1) is 33.2. The van der Waals surface area contributed by atoms with Crippen LogP contribution in [0, 0.1) is 5.92 Å². The fraction of sp³-hybridized carbons (Fsp3) is 0.444. The van der Waals surface area contributed by atoms with Crippen molar-refractivity contribution >= 4 is 12.0 Å². The minimum atomic E-state index is -0.693. The zero-order valence-electron chi connectivity index (χ0n) is 28.0. The third-order valence-electron chi connectivity index (χ3n) is 9.17. The fourth-order valence-electron chi connectivity index (χ4n) is 6.54. The molecule has 0 unspecified atom stereocenters. The van der Waals surface area contributed by atoms with E-state index in [9.17, 15) is 9.59 Å². The molecule has 4 heterocycles. The summed E-state index contributed by atoms with van der Waals surface area (Å²) in [6, 6.07) is 13.9. The van der Waals surface area contributed by atoms with Crippen LogP contribution in [-0.4, -0.2) is 83.4 Å². The molecule has 2 amide bonds. The maximum absolute atomic E-state index is 13.6. The van der Waals surface area contributed by atoms with Crippen LogP contribution in [0.3, 0.4) is 0 Å². The number of carbonyl (C=O) groups is 2. The topological polar surface area (TPSA) is 146 Å². The summed E-state index contributed by atoms with van der Waals surface area (Å²) < 4.78 is 16.3. The van der Waals surface area contributed by atoms with Crippen molar-refractivity contribution in [2.45, 2.75) is 57.7 Å². The van der Waals surface area contributed by atoms with Gasteiger partial charge in [0.05, 0.1) is 49.6 Å². The monoisotopic (exact) mass is 655 g/mol. The highest BCUT2D eigenvalue weighted by Gasteiger charge is 2.37. The van der Waals surface area contributed by atoms with E-state index in [4.69, 9.17) is 19.2 Å². The van der Waals surface area contributed by atoms with Gasteiger partial charge < -0.3 is 39.7 Å². The van der Waals surface area contributed by atoms with E-state index in [1.165, 1.54) is 13.5 Å². The molecule has 0 radical (unpaired) electrons. The molecule has 2 fully saturated rings. The van der Waals surface area contributed by atoms with Crippen molar-refractivity contribution in [3.8, 4) is 39.4 Å². The molecule has 2 aliphatic heterocycles. The number of nitrogens with one attached hydrogen (secondary N) is 4. The van der Waals surface area contributed by atoms with Crippen LogP contribution in [0.2, 0.25) is 0 Å². The number of methoxy groups -OCH3 is 2. The molecule has 4 N–H and O–H groups in total. The number of hydrogen-bond donors (Lipinski definition) is 4. The van der Waals surface area contributed by atoms with Crippen LogP contribution in [-0.2, 0) is 14.3 Å². The van der Waals surface area contributed by atoms with Crippen LogP contribution in [0.1, 0.15) is 63.3 Å². The number of benzene rings is 2. The molecule has 2 saturated heterocycles. The molecule has 254 valence electrons. The van der Waals surface area contributed by atoms with Gasteiger partial charge in [0.2, 0.25) is 5.91 Å². The Balaban J connectivity index is 1.22. The van der Waals surface area contributed by atoms with Crippen LogP contribution >= 0.6 is 0 Å². The number of ether oxygens (including phenoxy) is 3. The highest BCUT2D eigenvalue weighted by molar-refractivity contribution is 5.86. The lowest BCUT2D eigenvalue weighted by molar-refractivity contribution is -0.135. The number of carbonyl (C=O) groups excluding carboxylic acids is 2. The Morgan fingerprint density at radius 1 is 0.917 bits per heavy atom. The summed E-state index contributed by atoms with van der Waals surface area (Å²) in [5.74, 6) is 2.14. The molecular formula is C36H45N7O5. The lowest BCUT2D eigenvalue weighted by atomic mass is 10.00. The average molecular weight is 656 g/mol. The van der Waals surface area contributed by atoms with E-state index in [1.54, 1.807) is 13.3 Å². The molecule has 12 heteroatoms. The number of nitrogens with zero attached hydrogens (tertiary/aromatic N) is 3. The fourth-order valence-corrected chi connectivity index (χ4v) is 6.54. The number of hydrogen-bond acceptors (Lipinski definition) is 8. The molecular weight excluding hydrogens is 610 g/mol. The Hall–Kier alpha value is -4.68. The van der Waals surface area contributed by atoms with E-state index in [-0.39, 0.29) is 17.9 Å². The SMILES string of the molecule is COCCOc1cc(-c2ccc(-c3cnc([C@@H]4CCCN4)[nH]3)cc2)ccc1-c1cnc([C@@H]2CCCN2C(=O)[C@@H](NC(=O)OC)C(C)C)[nH]1. The molecule has 0 spiro atoms. The first-order valence-corrected chi connectivity index (χ1v) is 16.7. The van der Waals surface area contributed by atoms with Crippen molar-refractivity contribution in [3.05, 3.63) is 66.5 Å². The van der Waals surface area contributed by atoms with E-state index in [2.05, 4.69) is 55.9 Å². The van der Waals surface area contributed by atoms with Gasteiger partial charge in [0.15, 0.2) is 0 Å². The normalized spacial score (nSPS) is 18.3. The van der Waals surface area contributed by atoms with Crippen LogP contribution in [0.4, 0.5) is 4.79 Å². The van der Waals surface area contributed by atoms with Gasteiger partial charge >= 0.3 is 6.09 Å². The summed E-state index contributed by atoms with van der Waals surface area (Å²) >= 11 is 0. The lowest BCUT2D eigenvalue weighted by Gasteiger charge is -2.30. The van der Waals surface area contributed by atoms with E-state index in [0.29, 0.717) is 37.4 Å². The standard InChI is InChI=1S/C36H45N7O5/c1-22(2)32(42-36(45)47-4)35(44)43-16-6-8-30(43)34-39-21-29(41-34)26-14-13-25(19-31(26)48-18-17-46-3)23-9-11-24(12-10-23)28-20-38-33(40-28)27-7-5-15-37-27/h9-14,19-22,27,30,32,37H,5-8,15-18H2,1-4H3,(H,38,40)(H,39,41)(H,42,45)/t27-,30-,32-/m0/s1. The van der Waals surface area contributed by atoms with Gasteiger partial charge in [0.25, 0.3) is 0 Å². The molecule has 3 atom stereocenters. The van der Waals surface area contributed by atoms with Crippen molar-refractivity contribution in [2.75, 3.05) is 40.5 Å². The number of alkyl carbamates (subject to hydrolysis) is 1. The second-order valence-electron chi connectivity index (χ2n) is 12.7. The van der Waals surface area contributed by atoms with Crippen LogP contribution in [0.25, 0.3) is 33.6 Å². The minimum Gasteiger partial charge on any atom is -0.490 e. The molecule has 2 aromatic carbocycles. The number of rotatable bonds is 12. The quantitative estimate of drug-likeness (QED) is 0.144. The van der Waals surface area contributed by atoms with Crippen LogP contribution in [0.5, 0.6) is 5.75 Å². The Labute approximate surface area is 281 Å². The molecule has 0 saturated carbocycles. The summed E-state index contributed by atoms with van der Waals surface area (Å²) in [5, 5.41) is 6.20. The summed E-state index contributed by atoms with van der Waals surface area (Å²) in [6.07, 6.45) is 6.95. The second-order valence-corrected chi connectivity index (χ2v) is 12.7. The van der Waals surface area contributed by atoms with Gasteiger partial charge in [-0.25, -0.2) is 14.8 Å². The molecule has 2 aromatic heterocycles.